The maximum Gasteiger partial charge on any atom is 0.323 e. The predicted octanol–water partition coefficient (Wildman–Crippen LogP) is 2.18. The van der Waals surface area contributed by atoms with Crippen LogP contribution in [0.3, 0.4) is 0 Å². The Bertz CT molecular complexity index is 367. The molecule has 0 aliphatic carbocycles. The van der Waals surface area contributed by atoms with E-state index in [1.165, 1.54) is 5.56 Å². The third kappa shape index (κ3) is 6.68. The fraction of sp³-hybridized carbons (Fsp3) is 0.562. The Morgan fingerprint density at radius 3 is 2.65 bits per heavy atom. The number of hydrogen-bond acceptors (Lipinski definition) is 4. The highest BCUT2D eigenvalue weighted by atomic mass is 16.5. The van der Waals surface area contributed by atoms with Crippen LogP contribution in [0.4, 0.5) is 0 Å². The van der Waals surface area contributed by atoms with Gasteiger partial charge >= 0.3 is 5.97 Å². The molecule has 0 aliphatic rings. The second-order valence-corrected chi connectivity index (χ2v) is 4.58. The minimum absolute atomic E-state index is 0.206. The van der Waals surface area contributed by atoms with Gasteiger partial charge in [-0.25, -0.2) is 0 Å². The largest absolute Gasteiger partial charge is 0.465 e. The number of likely N-dealkylation sites (N-methyl/N-ethyl adjacent to an activating group) is 1. The van der Waals surface area contributed by atoms with E-state index in [9.17, 15) is 4.79 Å². The van der Waals surface area contributed by atoms with Gasteiger partial charge in [0.05, 0.1) is 6.61 Å². The van der Waals surface area contributed by atoms with Gasteiger partial charge in [0.2, 0.25) is 0 Å². The summed E-state index contributed by atoms with van der Waals surface area (Å²) in [5, 5.41) is 2.95. The zero-order valence-electron chi connectivity index (χ0n) is 12.4. The first kappa shape index (κ1) is 16.7. The van der Waals surface area contributed by atoms with Crippen LogP contribution in [-0.2, 0) is 20.7 Å². The van der Waals surface area contributed by atoms with Gasteiger partial charge in [-0.2, -0.15) is 0 Å². The minimum atomic E-state index is -0.274. The van der Waals surface area contributed by atoms with E-state index >= 15 is 0 Å². The molecule has 0 aliphatic heterocycles. The van der Waals surface area contributed by atoms with Gasteiger partial charge in [-0.1, -0.05) is 30.3 Å². The molecule has 4 nitrogen and oxygen atoms in total. The van der Waals surface area contributed by atoms with Crippen molar-refractivity contribution in [3.8, 4) is 0 Å². The molecule has 0 saturated heterocycles. The SMILES string of the molecule is CCOC(=O)C(CCOCCCc1ccccc1)NC. The van der Waals surface area contributed by atoms with Crippen molar-refractivity contribution in [3.05, 3.63) is 35.9 Å². The lowest BCUT2D eigenvalue weighted by molar-refractivity contribution is -0.146. The fourth-order valence-corrected chi connectivity index (χ4v) is 1.95. The third-order valence-electron chi connectivity index (χ3n) is 3.07. The van der Waals surface area contributed by atoms with E-state index in [1.54, 1.807) is 7.05 Å². The van der Waals surface area contributed by atoms with Crippen molar-refractivity contribution < 1.29 is 14.3 Å². The fourth-order valence-electron chi connectivity index (χ4n) is 1.95. The van der Waals surface area contributed by atoms with Crippen LogP contribution in [-0.4, -0.2) is 38.9 Å². The van der Waals surface area contributed by atoms with E-state index in [0.717, 1.165) is 12.8 Å². The zero-order valence-corrected chi connectivity index (χ0v) is 12.4. The Morgan fingerprint density at radius 1 is 1.25 bits per heavy atom. The number of nitrogens with one attached hydrogen (secondary N) is 1. The van der Waals surface area contributed by atoms with Gasteiger partial charge in [-0.3, -0.25) is 4.79 Å². The van der Waals surface area contributed by atoms with Crippen LogP contribution in [0.2, 0.25) is 0 Å². The van der Waals surface area contributed by atoms with E-state index in [0.29, 0.717) is 26.2 Å². The molecule has 1 N–H and O–H groups in total. The van der Waals surface area contributed by atoms with E-state index in [2.05, 4.69) is 17.4 Å². The number of carbonyl (C=O) groups excluding carboxylic acids is 1. The Morgan fingerprint density at radius 2 is 2.00 bits per heavy atom. The third-order valence-corrected chi connectivity index (χ3v) is 3.07. The average molecular weight is 279 g/mol. The van der Waals surface area contributed by atoms with Crippen molar-refractivity contribution in [2.75, 3.05) is 26.9 Å². The van der Waals surface area contributed by atoms with Crippen molar-refractivity contribution in [1.82, 2.24) is 5.32 Å². The molecule has 0 bridgehead atoms. The van der Waals surface area contributed by atoms with Crippen molar-refractivity contribution >= 4 is 5.97 Å². The lowest BCUT2D eigenvalue weighted by Crippen LogP contribution is -2.36. The lowest BCUT2D eigenvalue weighted by Gasteiger charge is -2.14. The molecule has 1 aromatic rings. The number of ether oxygens (including phenoxy) is 2. The summed E-state index contributed by atoms with van der Waals surface area (Å²) in [6.07, 6.45) is 2.66. The van der Waals surface area contributed by atoms with Gasteiger partial charge < -0.3 is 14.8 Å². The topological polar surface area (TPSA) is 47.6 Å². The van der Waals surface area contributed by atoms with Gasteiger partial charge in [0.25, 0.3) is 0 Å². The molecule has 20 heavy (non-hydrogen) atoms. The normalized spacial score (nSPS) is 12.1. The smallest absolute Gasteiger partial charge is 0.323 e. The van der Waals surface area contributed by atoms with Crippen LogP contribution in [0.5, 0.6) is 0 Å². The van der Waals surface area contributed by atoms with Crippen molar-refractivity contribution in [1.29, 1.82) is 0 Å². The van der Waals surface area contributed by atoms with Crippen LogP contribution >= 0.6 is 0 Å². The number of hydrogen-bond donors (Lipinski definition) is 1. The first-order valence-electron chi connectivity index (χ1n) is 7.23. The summed E-state index contributed by atoms with van der Waals surface area (Å²) in [6, 6.07) is 10.1. The highest BCUT2D eigenvalue weighted by Gasteiger charge is 2.16. The summed E-state index contributed by atoms with van der Waals surface area (Å²) < 4.78 is 10.5. The van der Waals surface area contributed by atoms with Crippen LogP contribution in [0.1, 0.15) is 25.3 Å². The van der Waals surface area contributed by atoms with E-state index in [-0.39, 0.29) is 12.0 Å². The summed E-state index contributed by atoms with van der Waals surface area (Å²) in [4.78, 5) is 11.5. The quantitative estimate of drug-likeness (QED) is 0.527. The van der Waals surface area contributed by atoms with Crippen LogP contribution < -0.4 is 5.32 Å². The summed E-state index contributed by atoms with van der Waals surface area (Å²) >= 11 is 0. The second-order valence-electron chi connectivity index (χ2n) is 4.58. The number of carbonyl (C=O) groups is 1. The lowest BCUT2D eigenvalue weighted by atomic mass is 10.1. The highest BCUT2D eigenvalue weighted by Crippen LogP contribution is 2.03. The standard InChI is InChI=1S/C16H25NO3/c1-3-20-16(18)15(17-2)11-13-19-12-7-10-14-8-5-4-6-9-14/h4-6,8-9,15,17H,3,7,10-13H2,1-2H3. The highest BCUT2D eigenvalue weighted by molar-refractivity contribution is 5.75. The molecule has 1 rings (SSSR count). The Kier molecular flexibility index (Phi) is 8.67. The molecule has 0 aromatic heterocycles. The van der Waals surface area contributed by atoms with Crippen molar-refractivity contribution in [2.45, 2.75) is 32.2 Å². The molecule has 112 valence electrons. The van der Waals surface area contributed by atoms with E-state index in [4.69, 9.17) is 9.47 Å². The van der Waals surface area contributed by atoms with Crippen molar-refractivity contribution in [3.63, 3.8) is 0 Å². The summed E-state index contributed by atoms with van der Waals surface area (Å²) in [7, 11) is 1.76. The molecule has 4 heteroatoms. The van der Waals surface area contributed by atoms with E-state index < -0.39 is 0 Å². The Balaban J connectivity index is 2.07. The summed E-state index contributed by atoms with van der Waals surface area (Å²) in [5.41, 5.74) is 1.33. The van der Waals surface area contributed by atoms with E-state index in [1.807, 2.05) is 25.1 Å². The Hall–Kier alpha value is -1.39. The van der Waals surface area contributed by atoms with Crippen molar-refractivity contribution in [2.24, 2.45) is 0 Å². The predicted molar refractivity (Wildman–Crippen MR) is 79.7 cm³/mol. The molecule has 1 unspecified atom stereocenters. The first-order valence-corrected chi connectivity index (χ1v) is 7.23. The van der Waals surface area contributed by atoms with Gasteiger partial charge in [0.15, 0.2) is 0 Å². The van der Waals surface area contributed by atoms with Crippen LogP contribution in [0.15, 0.2) is 30.3 Å². The second kappa shape index (κ2) is 10.4. The minimum Gasteiger partial charge on any atom is -0.465 e. The molecule has 0 amide bonds. The molecule has 0 fully saturated rings. The van der Waals surface area contributed by atoms with Gasteiger partial charge in [-0.05, 0) is 38.8 Å². The van der Waals surface area contributed by atoms with Crippen LogP contribution in [0, 0.1) is 0 Å². The molecular weight excluding hydrogens is 254 g/mol. The molecule has 1 aromatic carbocycles. The van der Waals surface area contributed by atoms with Crippen LogP contribution in [0.25, 0.3) is 0 Å². The van der Waals surface area contributed by atoms with Gasteiger partial charge in [-0.15, -0.1) is 0 Å². The molecule has 0 spiro atoms. The Labute approximate surface area is 121 Å². The molecule has 0 radical (unpaired) electrons. The average Bonchev–Trinajstić information content (AvgIpc) is 2.48. The summed E-state index contributed by atoms with van der Waals surface area (Å²) in [5.74, 6) is -0.206. The molecule has 0 heterocycles. The molecule has 1 atom stereocenters. The van der Waals surface area contributed by atoms with Gasteiger partial charge in [0, 0.05) is 13.2 Å². The number of rotatable bonds is 10. The molecular formula is C16H25NO3. The monoisotopic (exact) mass is 279 g/mol. The molecule has 0 saturated carbocycles. The number of aryl methyl sites for hydroxylation is 1. The summed E-state index contributed by atoms with van der Waals surface area (Å²) in [6.45, 7) is 3.51. The first-order chi connectivity index (χ1) is 9.77. The number of esters is 1. The number of benzene rings is 1. The maximum atomic E-state index is 11.5. The maximum absolute atomic E-state index is 11.5. The van der Waals surface area contributed by atoms with Gasteiger partial charge in [0.1, 0.15) is 6.04 Å². The zero-order chi connectivity index (χ0) is 14.6.